The van der Waals surface area contributed by atoms with Crippen molar-refractivity contribution in [2.24, 2.45) is 0 Å². The molecular formula is C15H31NO6. The maximum atomic E-state index is 11.3. The summed E-state index contributed by atoms with van der Waals surface area (Å²) < 4.78 is 26.3. The first-order valence-corrected chi connectivity index (χ1v) is 7.86. The lowest BCUT2D eigenvalue weighted by atomic mass is 10.5. The topological polar surface area (TPSA) is 75.3 Å². The van der Waals surface area contributed by atoms with Crippen LogP contribution in [0.25, 0.3) is 0 Å². The van der Waals surface area contributed by atoms with E-state index in [1.54, 1.807) is 0 Å². The van der Waals surface area contributed by atoms with E-state index in [2.05, 4.69) is 5.32 Å². The van der Waals surface area contributed by atoms with Gasteiger partial charge in [0.1, 0.15) is 6.61 Å². The van der Waals surface area contributed by atoms with Crippen LogP contribution in [-0.4, -0.2) is 78.0 Å². The Morgan fingerprint density at radius 1 is 0.864 bits per heavy atom. The number of ether oxygens (including phenoxy) is 5. The Labute approximate surface area is 133 Å². The third kappa shape index (κ3) is 17.3. The van der Waals surface area contributed by atoms with Crippen LogP contribution in [-0.2, 0) is 28.5 Å². The summed E-state index contributed by atoms with van der Waals surface area (Å²) in [7, 11) is 0. The Bertz CT molecular complexity index is 250. The summed E-state index contributed by atoms with van der Waals surface area (Å²) >= 11 is 0. The summed E-state index contributed by atoms with van der Waals surface area (Å²) in [6.07, 6.45) is 0.0577. The first-order valence-electron chi connectivity index (χ1n) is 7.86. The third-order valence-corrected chi connectivity index (χ3v) is 2.44. The molecule has 0 aliphatic carbocycles. The first-order chi connectivity index (χ1) is 10.7. The molecule has 0 saturated carbocycles. The van der Waals surface area contributed by atoms with Crippen LogP contribution in [0.5, 0.6) is 0 Å². The Balaban J connectivity index is 3.09. The van der Waals surface area contributed by atoms with Gasteiger partial charge in [0.05, 0.1) is 52.4 Å². The molecule has 1 N–H and O–H groups in total. The van der Waals surface area contributed by atoms with E-state index in [4.69, 9.17) is 23.7 Å². The number of hydrogen-bond acceptors (Lipinski definition) is 6. The lowest BCUT2D eigenvalue weighted by Gasteiger charge is -2.09. The third-order valence-electron chi connectivity index (χ3n) is 2.44. The molecule has 0 heterocycles. The molecule has 0 aromatic rings. The fraction of sp³-hybridized carbons (Fsp3) is 0.933. The molecule has 0 unspecified atom stereocenters. The number of carbonyl (C=O) groups is 1. The van der Waals surface area contributed by atoms with E-state index >= 15 is 0 Å². The molecule has 0 radical (unpaired) electrons. The Kier molecular flexibility index (Phi) is 16.1. The van der Waals surface area contributed by atoms with Gasteiger partial charge in [0, 0.05) is 13.2 Å². The summed E-state index contributed by atoms with van der Waals surface area (Å²) in [6, 6.07) is 0. The highest BCUT2D eigenvalue weighted by Gasteiger charge is 2.02. The highest BCUT2D eigenvalue weighted by Crippen LogP contribution is 1.86. The molecule has 7 nitrogen and oxygen atoms in total. The molecule has 132 valence electrons. The van der Waals surface area contributed by atoms with Gasteiger partial charge in [-0.25, -0.2) is 0 Å². The van der Waals surface area contributed by atoms with Gasteiger partial charge in [-0.15, -0.1) is 0 Å². The highest BCUT2D eigenvalue weighted by atomic mass is 16.6. The number of carbonyl (C=O) groups excluding carboxylic acids is 1. The van der Waals surface area contributed by atoms with Gasteiger partial charge in [-0.2, -0.15) is 0 Å². The fourth-order valence-corrected chi connectivity index (χ4v) is 1.36. The molecule has 0 aliphatic heterocycles. The van der Waals surface area contributed by atoms with Crippen molar-refractivity contribution in [2.75, 3.05) is 66.0 Å². The highest BCUT2D eigenvalue weighted by molar-refractivity contribution is 5.77. The van der Waals surface area contributed by atoms with E-state index in [9.17, 15) is 4.79 Å². The molecule has 1 amide bonds. The van der Waals surface area contributed by atoms with Gasteiger partial charge in [0.2, 0.25) is 5.91 Å². The van der Waals surface area contributed by atoms with Crippen molar-refractivity contribution >= 4 is 5.91 Å². The van der Waals surface area contributed by atoms with E-state index in [-0.39, 0.29) is 18.6 Å². The Morgan fingerprint density at radius 3 is 1.86 bits per heavy atom. The Hall–Kier alpha value is -0.730. The molecule has 0 fully saturated rings. The molecule has 0 saturated heterocycles. The smallest absolute Gasteiger partial charge is 0.246 e. The van der Waals surface area contributed by atoms with Crippen LogP contribution in [0, 0.1) is 0 Å². The molecule has 7 heteroatoms. The fourth-order valence-electron chi connectivity index (χ4n) is 1.36. The van der Waals surface area contributed by atoms with Gasteiger partial charge >= 0.3 is 0 Å². The number of rotatable bonds is 16. The maximum Gasteiger partial charge on any atom is 0.246 e. The second-order valence-corrected chi connectivity index (χ2v) is 4.74. The molecule has 0 bridgehead atoms. The van der Waals surface area contributed by atoms with E-state index < -0.39 is 0 Å². The first kappa shape index (κ1) is 21.3. The summed E-state index contributed by atoms with van der Waals surface area (Å²) in [4.78, 5) is 11.3. The minimum Gasteiger partial charge on any atom is -0.379 e. The van der Waals surface area contributed by atoms with Crippen LogP contribution in [0.2, 0.25) is 0 Å². The van der Waals surface area contributed by atoms with Crippen molar-refractivity contribution in [3.05, 3.63) is 0 Å². The van der Waals surface area contributed by atoms with Gasteiger partial charge < -0.3 is 29.0 Å². The molecule has 0 atom stereocenters. The molecule has 0 spiro atoms. The van der Waals surface area contributed by atoms with Crippen molar-refractivity contribution in [1.82, 2.24) is 5.32 Å². The number of amides is 1. The van der Waals surface area contributed by atoms with E-state index in [1.165, 1.54) is 0 Å². The van der Waals surface area contributed by atoms with Crippen molar-refractivity contribution in [3.8, 4) is 0 Å². The molecule has 0 aromatic heterocycles. The van der Waals surface area contributed by atoms with E-state index in [1.807, 2.05) is 20.8 Å². The van der Waals surface area contributed by atoms with Crippen molar-refractivity contribution in [3.63, 3.8) is 0 Å². The van der Waals surface area contributed by atoms with Gasteiger partial charge in [-0.05, 0) is 20.8 Å². The second kappa shape index (κ2) is 16.6. The summed E-state index contributed by atoms with van der Waals surface area (Å²) in [5.41, 5.74) is 0. The molecule has 22 heavy (non-hydrogen) atoms. The molecule has 0 rings (SSSR count). The molecule has 0 aromatic carbocycles. The van der Waals surface area contributed by atoms with Crippen LogP contribution < -0.4 is 5.32 Å². The van der Waals surface area contributed by atoms with Crippen LogP contribution in [0.1, 0.15) is 20.8 Å². The zero-order valence-corrected chi connectivity index (χ0v) is 14.1. The largest absolute Gasteiger partial charge is 0.379 e. The van der Waals surface area contributed by atoms with Gasteiger partial charge in [0.15, 0.2) is 0 Å². The predicted molar refractivity (Wildman–Crippen MR) is 83.0 cm³/mol. The summed E-state index contributed by atoms with van der Waals surface area (Å²) in [6.45, 7) is 10.8. The quantitative estimate of drug-likeness (QED) is 0.420. The summed E-state index contributed by atoms with van der Waals surface area (Å²) in [5.74, 6) is -0.127. The predicted octanol–water partition coefficient (Wildman–Crippen LogP) is 0.614. The van der Waals surface area contributed by atoms with Gasteiger partial charge in [-0.1, -0.05) is 0 Å². The van der Waals surface area contributed by atoms with Gasteiger partial charge in [0.25, 0.3) is 0 Å². The van der Waals surface area contributed by atoms with Gasteiger partial charge in [-0.3, -0.25) is 4.79 Å². The standard InChI is InChI=1S/C15H31NO6/c1-4-18-7-8-20-11-12-21-10-9-19-6-5-16-15(17)13-22-14(2)3/h14H,4-13H2,1-3H3,(H,16,17). The zero-order valence-electron chi connectivity index (χ0n) is 14.1. The SMILES string of the molecule is CCOCCOCCOCCOCCNC(=O)COC(C)C. The van der Waals surface area contributed by atoms with E-state index in [0.717, 1.165) is 0 Å². The minimum absolute atomic E-state index is 0.0577. The second-order valence-electron chi connectivity index (χ2n) is 4.74. The Morgan fingerprint density at radius 2 is 1.36 bits per heavy atom. The average Bonchev–Trinajstić information content (AvgIpc) is 2.49. The molecular weight excluding hydrogens is 290 g/mol. The van der Waals surface area contributed by atoms with E-state index in [0.29, 0.717) is 59.4 Å². The van der Waals surface area contributed by atoms with Crippen LogP contribution in [0.15, 0.2) is 0 Å². The van der Waals surface area contributed by atoms with Crippen molar-refractivity contribution < 1.29 is 28.5 Å². The maximum absolute atomic E-state index is 11.3. The van der Waals surface area contributed by atoms with Crippen LogP contribution in [0.4, 0.5) is 0 Å². The lowest BCUT2D eigenvalue weighted by molar-refractivity contribution is -0.127. The van der Waals surface area contributed by atoms with Crippen LogP contribution in [0.3, 0.4) is 0 Å². The number of nitrogens with one attached hydrogen (secondary N) is 1. The lowest BCUT2D eigenvalue weighted by Crippen LogP contribution is -2.31. The van der Waals surface area contributed by atoms with Crippen molar-refractivity contribution in [2.45, 2.75) is 26.9 Å². The average molecular weight is 321 g/mol. The normalized spacial score (nSPS) is 11.1. The molecule has 0 aliphatic rings. The monoisotopic (exact) mass is 321 g/mol. The zero-order chi connectivity index (χ0) is 16.5. The minimum atomic E-state index is -0.127. The summed E-state index contributed by atoms with van der Waals surface area (Å²) in [5, 5.41) is 2.71. The number of hydrogen-bond donors (Lipinski definition) is 1. The van der Waals surface area contributed by atoms with Crippen molar-refractivity contribution in [1.29, 1.82) is 0 Å². The van der Waals surface area contributed by atoms with Crippen LogP contribution >= 0.6 is 0 Å².